The first-order chi connectivity index (χ1) is 12.4. The van der Waals surface area contributed by atoms with Gasteiger partial charge in [-0.15, -0.1) is 0 Å². The molecule has 2 aromatic carbocycles. The summed E-state index contributed by atoms with van der Waals surface area (Å²) < 4.78 is 33.1. The van der Waals surface area contributed by atoms with Crippen LogP contribution in [0.25, 0.3) is 0 Å². The van der Waals surface area contributed by atoms with Crippen molar-refractivity contribution < 1.29 is 17.9 Å². The molecule has 146 valence electrons. The van der Waals surface area contributed by atoms with Gasteiger partial charge in [-0.25, -0.2) is 13.1 Å². The van der Waals surface area contributed by atoms with Gasteiger partial charge in [-0.1, -0.05) is 29.3 Å². The van der Waals surface area contributed by atoms with Gasteiger partial charge in [0.05, 0.1) is 22.8 Å². The monoisotopic (exact) mass is 430 g/mol. The van der Waals surface area contributed by atoms with Crippen LogP contribution in [0.1, 0.15) is 31.1 Å². The minimum absolute atomic E-state index is 0.126. The van der Waals surface area contributed by atoms with E-state index in [4.69, 9.17) is 27.9 Å². The molecule has 0 aliphatic heterocycles. The van der Waals surface area contributed by atoms with E-state index in [1.807, 2.05) is 0 Å². The molecule has 2 rings (SSSR count). The molecule has 0 atom stereocenters. The van der Waals surface area contributed by atoms with Crippen LogP contribution in [0.2, 0.25) is 10.0 Å². The lowest BCUT2D eigenvalue weighted by atomic mass is 10.1. The van der Waals surface area contributed by atoms with Gasteiger partial charge in [-0.2, -0.15) is 0 Å². The lowest BCUT2D eigenvalue weighted by Crippen LogP contribution is -2.40. The summed E-state index contributed by atoms with van der Waals surface area (Å²) in [6, 6.07) is 8.96. The third-order valence-electron chi connectivity index (χ3n) is 3.36. The molecule has 0 aliphatic carbocycles. The largest absolute Gasteiger partial charge is 0.495 e. The highest BCUT2D eigenvalue weighted by Crippen LogP contribution is 2.31. The molecule has 0 fully saturated rings. The molecule has 1 amide bonds. The van der Waals surface area contributed by atoms with E-state index < -0.39 is 21.5 Å². The van der Waals surface area contributed by atoms with Crippen LogP contribution in [0, 0.1) is 0 Å². The Morgan fingerprint density at radius 3 is 2.37 bits per heavy atom. The molecule has 0 spiro atoms. The molecule has 2 aromatic rings. The third-order valence-corrected chi connectivity index (χ3v) is 5.95. The van der Waals surface area contributed by atoms with Crippen LogP contribution in [0.15, 0.2) is 41.3 Å². The fourth-order valence-corrected chi connectivity index (χ4v) is 4.24. The van der Waals surface area contributed by atoms with E-state index in [-0.39, 0.29) is 21.2 Å². The lowest BCUT2D eigenvalue weighted by molar-refractivity contribution is 0.102. The number of carbonyl (C=O) groups excluding carboxylic acids is 1. The highest BCUT2D eigenvalue weighted by atomic mass is 35.5. The van der Waals surface area contributed by atoms with Gasteiger partial charge in [0.1, 0.15) is 10.6 Å². The summed E-state index contributed by atoms with van der Waals surface area (Å²) >= 11 is 12.0. The summed E-state index contributed by atoms with van der Waals surface area (Å²) in [6.07, 6.45) is 0. The number of ether oxygens (including phenoxy) is 1. The molecule has 0 heterocycles. The van der Waals surface area contributed by atoms with Crippen molar-refractivity contribution >= 4 is 44.8 Å². The maximum Gasteiger partial charge on any atom is 0.255 e. The maximum absolute atomic E-state index is 12.7. The number of anilines is 1. The fourth-order valence-electron chi connectivity index (χ4n) is 2.28. The van der Waals surface area contributed by atoms with Crippen LogP contribution in [-0.2, 0) is 10.0 Å². The minimum Gasteiger partial charge on any atom is -0.495 e. The van der Waals surface area contributed by atoms with Crippen molar-refractivity contribution in [3.63, 3.8) is 0 Å². The SMILES string of the molecule is COc1ccc(C(=O)Nc2cccc(Cl)c2Cl)cc1S(=O)(=O)NC(C)(C)C. The summed E-state index contributed by atoms with van der Waals surface area (Å²) in [5.41, 5.74) is -0.250. The summed E-state index contributed by atoms with van der Waals surface area (Å²) in [5.74, 6) is -0.405. The zero-order valence-electron chi connectivity index (χ0n) is 15.3. The maximum atomic E-state index is 12.7. The molecule has 9 heteroatoms. The van der Waals surface area contributed by atoms with E-state index in [1.165, 1.54) is 25.3 Å². The summed E-state index contributed by atoms with van der Waals surface area (Å²) in [7, 11) is -2.55. The van der Waals surface area contributed by atoms with Crippen molar-refractivity contribution in [2.24, 2.45) is 0 Å². The van der Waals surface area contributed by atoms with Gasteiger partial charge in [-0.05, 0) is 51.1 Å². The molecule has 0 aromatic heterocycles. The molecule has 0 radical (unpaired) electrons. The van der Waals surface area contributed by atoms with E-state index >= 15 is 0 Å². The summed E-state index contributed by atoms with van der Waals surface area (Å²) in [4.78, 5) is 12.4. The van der Waals surface area contributed by atoms with Crippen LogP contribution in [-0.4, -0.2) is 27.0 Å². The Morgan fingerprint density at radius 2 is 1.78 bits per heavy atom. The quantitative estimate of drug-likeness (QED) is 0.738. The van der Waals surface area contributed by atoms with Gasteiger partial charge in [0.2, 0.25) is 10.0 Å². The zero-order chi connectivity index (χ0) is 20.4. The van der Waals surface area contributed by atoms with Crippen molar-refractivity contribution in [3.05, 3.63) is 52.0 Å². The van der Waals surface area contributed by atoms with Crippen molar-refractivity contribution in [3.8, 4) is 5.75 Å². The zero-order valence-corrected chi connectivity index (χ0v) is 17.6. The molecule has 6 nitrogen and oxygen atoms in total. The number of methoxy groups -OCH3 is 1. The molecule has 0 aliphatic rings. The molecule has 0 saturated carbocycles. The van der Waals surface area contributed by atoms with Gasteiger partial charge in [0.15, 0.2) is 0 Å². The number of hydrogen-bond acceptors (Lipinski definition) is 4. The first-order valence-corrected chi connectivity index (χ1v) is 10.2. The first-order valence-electron chi connectivity index (χ1n) is 7.92. The minimum atomic E-state index is -3.91. The second kappa shape index (κ2) is 8.06. The van der Waals surface area contributed by atoms with E-state index in [9.17, 15) is 13.2 Å². The van der Waals surface area contributed by atoms with E-state index in [2.05, 4.69) is 10.0 Å². The van der Waals surface area contributed by atoms with Crippen molar-refractivity contribution in [2.75, 3.05) is 12.4 Å². The van der Waals surface area contributed by atoms with Crippen molar-refractivity contribution in [2.45, 2.75) is 31.2 Å². The second-order valence-electron chi connectivity index (χ2n) is 6.78. The van der Waals surface area contributed by atoms with Crippen LogP contribution >= 0.6 is 23.2 Å². The van der Waals surface area contributed by atoms with Crippen molar-refractivity contribution in [1.82, 2.24) is 4.72 Å². The molecule has 27 heavy (non-hydrogen) atoms. The number of nitrogens with one attached hydrogen (secondary N) is 2. The molecule has 0 unspecified atom stereocenters. The predicted molar refractivity (Wildman–Crippen MR) is 107 cm³/mol. The Morgan fingerprint density at radius 1 is 1.11 bits per heavy atom. The van der Waals surface area contributed by atoms with Gasteiger partial charge in [0, 0.05) is 11.1 Å². The number of hydrogen-bond donors (Lipinski definition) is 2. The Labute approximate surface area is 168 Å². The first kappa shape index (κ1) is 21.5. The van der Waals surface area contributed by atoms with Gasteiger partial charge in [-0.3, -0.25) is 4.79 Å². The number of benzene rings is 2. The second-order valence-corrected chi connectivity index (χ2v) is 9.21. The Balaban J connectivity index is 2.42. The topological polar surface area (TPSA) is 84.5 Å². The normalized spacial score (nSPS) is 11.9. The Bertz CT molecular complexity index is 970. The van der Waals surface area contributed by atoms with Crippen LogP contribution in [0.4, 0.5) is 5.69 Å². The standard InChI is InChI=1S/C18H20Cl2N2O4S/c1-18(2,3)22-27(24,25)15-10-11(8-9-14(15)26-4)17(23)21-13-7-5-6-12(19)16(13)20/h5-10,22H,1-4H3,(H,21,23). The number of rotatable bonds is 5. The Hall–Kier alpha value is -1.80. The molecule has 2 N–H and O–H groups in total. The molecule has 0 bridgehead atoms. The van der Waals surface area contributed by atoms with Crippen molar-refractivity contribution in [1.29, 1.82) is 0 Å². The average Bonchev–Trinajstić information content (AvgIpc) is 2.56. The van der Waals surface area contributed by atoms with Crippen LogP contribution in [0.5, 0.6) is 5.75 Å². The lowest BCUT2D eigenvalue weighted by Gasteiger charge is -2.21. The van der Waals surface area contributed by atoms with E-state index in [1.54, 1.807) is 39.0 Å². The number of halogens is 2. The highest BCUT2D eigenvalue weighted by molar-refractivity contribution is 7.89. The van der Waals surface area contributed by atoms with Gasteiger partial charge >= 0.3 is 0 Å². The third kappa shape index (κ3) is 5.35. The van der Waals surface area contributed by atoms with Crippen LogP contribution < -0.4 is 14.8 Å². The smallest absolute Gasteiger partial charge is 0.255 e. The van der Waals surface area contributed by atoms with E-state index in [0.29, 0.717) is 10.7 Å². The molecular formula is C18H20Cl2N2O4S. The molecule has 0 saturated heterocycles. The summed E-state index contributed by atoms with van der Waals surface area (Å²) in [6.45, 7) is 5.15. The van der Waals surface area contributed by atoms with Gasteiger partial charge < -0.3 is 10.1 Å². The highest BCUT2D eigenvalue weighted by Gasteiger charge is 2.26. The fraction of sp³-hybridized carbons (Fsp3) is 0.278. The predicted octanol–water partition coefficient (Wildman–Crippen LogP) is 4.33. The number of amides is 1. The van der Waals surface area contributed by atoms with Crippen LogP contribution in [0.3, 0.4) is 0 Å². The molecular weight excluding hydrogens is 411 g/mol. The Kier molecular flexibility index (Phi) is 6.42. The van der Waals surface area contributed by atoms with Gasteiger partial charge in [0.25, 0.3) is 5.91 Å². The number of carbonyl (C=O) groups is 1. The average molecular weight is 431 g/mol. The number of sulfonamides is 1. The summed E-state index contributed by atoms with van der Waals surface area (Å²) in [5, 5.41) is 3.11. The van der Waals surface area contributed by atoms with E-state index in [0.717, 1.165) is 0 Å².